The van der Waals surface area contributed by atoms with Gasteiger partial charge in [0.25, 0.3) is 0 Å². The molecule has 1 rings (SSSR count). The van der Waals surface area contributed by atoms with E-state index in [0.29, 0.717) is 15.7 Å². The number of nitrogens with zero attached hydrogens (tertiary/aromatic N) is 1. The summed E-state index contributed by atoms with van der Waals surface area (Å²) in [4.78, 5) is 0. The van der Waals surface area contributed by atoms with Crippen LogP contribution < -0.4 is 0 Å². The quantitative estimate of drug-likeness (QED) is 0.586. The highest BCUT2D eigenvalue weighted by atomic mass is 31.1. The van der Waals surface area contributed by atoms with E-state index >= 15 is 0 Å². The molecule has 0 unspecified atom stereocenters. The maximum atomic E-state index is 2.45. The van der Waals surface area contributed by atoms with Crippen molar-refractivity contribution in [2.45, 2.75) is 51.9 Å². The van der Waals surface area contributed by atoms with E-state index in [1.165, 1.54) is 0 Å². The van der Waals surface area contributed by atoms with E-state index in [-0.39, 0.29) is 8.07 Å². The van der Waals surface area contributed by atoms with Crippen molar-refractivity contribution in [3.8, 4) is 0 Å². The molecule has 2 heteroatoms. The fourth-order valence-corrected chi connectivity index (χ4v) is 7.77. The van der Waals surface area contributed by atoms with Crippen LogP contribution in [0.15, 0.2) is 0 Å². The number of hydrogen-bond donors (Lipinski definition) is 0. The molecule has 0 aliphatic carbocycles. The molecule has 0 spiro atoms. The topological polar surface area (TPSA) is 3.24 Å². The van der Waals surface area contributed by atoms with Gasteiger partial charge in [-0.25, -0.2) is 0 Å². The largest absolute Gasteiger partial charge is 0.287 e. The van der Waals surface area contributed by atoms with Crippen LogP contribution in [0.3, 0.4) is 0 Å². The second kappa shape index (κ2) is 2.70. The van der Waals surface area contributed by atoms with Gasteiger partial charge >= 0.3 is 0 Å². The Labute approximate surface area is 84.7 Å². The molecule has 0 N–H and O–H groups in total. The fraction of sp³-hybridized carbons (Fsp3) is 1.00. The third-order valence-electron chi connectivity index (χ3n) is 4.52. The zero-order chi connectivity index (χ0) is 10.7. The molecule has 0 saturated carbocycles. The summed E-state index contributed by atoms with van der Waals surface area (Å²) >= 11 is 0. The monoisotopic (exact) mass is 201 g/mol. The minimum absolute atomic E-state index is 0.00206. The van der Waals surface area contributed by atoms with Crippen molar-refractivity contribution >= 4 is 8.07 Å². The van der Waals surface area contributed by atoms with Gasteiger partial charge in [0.05, 0.1) is 0 Å². The average molecular weight is 201 g/mol. The summed E-state index contributed by atoms with van der Waals surface area (Å²) in [6.07, 6.45) is 0. The molecule has 0 amide bonds. The summed E-state index contributed by atoms with van der Waals surface area (Å²) in [6.45, 7) is 14.5. The molecule has 1 aliphatic heterocycles. The molecule has 1 saturated heterocycles. The Morgan fingerprint density at radius 2 is 1.08 bits per heavy atom. The van der Waals surface area contributed by atoms with Crippen molar-refractivity contribution in [3.63, 3.8) is 0 Å². The summed E-state index contributed by atoms with van der Waals surface area (Å²) in [7, 11) is 4.46. The fourth-order valence-electron chi connectivity index (χ4n) is 2.92. The van der Waals surface area contributed by atoms with Gasteiger partial charge in [-0.1, -0.05) is 41.5 Å². The molecule has 1 fully saturated rings. The molecule has 0 radical (unpaired) electrons. The van der Waals surface area contributed by atoms with Crippen LogP contribution in [0, 0.1) is 5.41 Å². The van der Waals surface area contributed by atoms with E-state index in [0.717, 1.165) is 0 Å². The molecular weight excluding hydrogens is 177 g/mol. The van der Waals surface area contributed by atoms with E-state index in [1.54, 1.807) is 0 Å². The van der Waals surface area contributed by atoms with E-state index in [2.05, 4.69) is 60.3 Å². The van der Waals surface area contributed by atoms with E-state index < -0.39 is 0 Å². The summed E-state index contributed by atoms with van der Waals surface area (Å²) in [5.74, 6) is 0. The van der Waals surface area contributed by atoms with Gasteiger partial charge < -0.3 is 0 Å². The van der Waals surface area contributed by atoms with Crippen LogP contribution in [0.25, 0.3) is 0 Å². The second-order valence-electron chi connectivity index (χ2n) is 5.90. The molecule has 1 nitrogen and oxygen atoms in total. The molecule has 0 aromatic heterocycles. The van der Waals surface area contributed by atoms with Crippen LogP contribution in [-0.4, -0.2) is 29.1 Å². The molecule has 78 valence electrons. The molecular formula is C11H24NP. The average Bonchev–Trinajstić information content (AvgIpc) is 1.82. The zero-order valence-corrected chi connectivity index (χ0v) is 11.3. The predicted molar refractivity (Wildman–Crippen MR) is 62.5 cm³/mol. The van der Waals surface area contributed by atoms with E-state index in [1.807, 2.05) is 0 Å². The first-order chi connectivity index (χ1) is 5.57. The summed E-state index contributed by atoms with van der Waals surface area (Å²) < 4.78 is 2.45. The van der Waals surface area contributed by atoms with Gasteiger partial charge in [-0.3, -0.25) is 4.67 Å². The van der Waals surface area contributed by atoms with Gasteiger partial charge in [-0.15, -0.1) is 0 Å². The van der Waals surface area contributed by atoms with Crippen molar-refractivity contribution in [3.05, 3.63) is 0 Å². The molecule has 0 bridgehead atoms. The number of rotatable bonds is 1. The highest BCUT2D eigenvalue weighted by Crippen LogP contribution is 2.82. The molecule has 1 heterocycles. The Kier molecular flexibility index (Phi) is 2.38. The van der Waals surface area contributed by atoms with E-state index in [9.17, 15) is 0 Å². The summed E-state index contributed by atoms with van der Waals surface area (Å²) in [5, 5.41) is 0.963. The van der Waals surface area contributed by atoms with Gasteiger partial charge in [0.1, 0.15) is 0 Å². The highest BCUT2D eigenvalue weighted by Gasteiger charge is 2.67. The Hall–Kier alpha value is 0.390. The Morgan fingerprint density at radius 3 is 1.23 bits per heavy atom. The van der Waals surface area contributed by atoms with Crippen molar-refractivity contribution in [2.24, 2.45) is 5.41 Å². The Morgan fingerprint density at radius 1 is 0.769 bits per heavy atom. The normalized spacial score (nSPS) is 30.2. The highest BCUT2D eigenvalue weighted by molar-refractivity contribution is 7.60. The van der Waals surface area contributed by atoms with Crippen LogP contribution in [-0.2, 0) is 0 Å². The lowest BCUT2D eigenvalue weighted by Crippen LogP contribution is -2.65. The summed E-state index contributed by atoms with van der Waals surface area (Å²) in [5.41, 5.74) is 0.454. The summed E-state index contributed by atoms with van der Waals surface area (Å²) in [6, 6.07) is 0. The first-order valence-electron chi connectivity index (χ1n) is 5.04. The SMILES string of the molecule is CN(C)P1C(C)(C)C(C)(C)C1(C)C. The van der Waals surface area contributed by atoms with Crippen LogP contribution >= 0.6 is 8.07 Å². The maximum Gasteiger partial charge on any atom is 0.00461 e. The van der Waals surface area contributed by atoms with Gasteiger partial charge in [-0.05, 0) is 27.6 Å². The molecule has 0 atom stereocenters. The Bertz CT molecular complexity index is 198. The van der Waals surface area contributed by atoms with Crippen molar-refractivity contribution < 1.29 is 0 Å². The van der Waals surface area contributed by atoms with Gasteiger partial charge in [0.15, 0.2) is 0 Å². The molecule has 0 aromatic rings. The van der Waals surface area contributed by atoms with Gasteiger partial charge in [-0.2, -0.15) is 0 Å². The standard InChI is InChI=1S/C11H24NP/c1-9(2)10(3,4)13(12(7)8)11(9,5)6/h1-8H3. The first-order valence-corrected chi connectivity index (χ1v) is 6.34. The lowest BCUT2D eigenvalue weighted by Gasteiger charge is -2.72. The Balaban J connectivity index is 3.03. The molecule has 1 aliphatic rings. The van der Waals surface area contributed by atoms with E-state index in [4.69, 9.17) is 0 Å². The third-order valence-corrected chi connectivity index (χ3v) is 8.55. The predicted octanol–water partition coefficient (Wildman–Crippen LogP) is 3.54. The minimum Gasteiger partial charge on any atom is -0.287 e. The smallest absolute Gasteiger partial charge is 0.00461 e. The molecule has 13 heavy (non-hydrogen) atoms. The van der Waals surface area contributed by atoms with Crippen molar-refractivity contribution in [1.82, 2.24) is 4.67 Å². The lowest BCUT2D eigenvalue weighted by molar-refractivity contribution is 0.146. The van der Waals surface area contributed by atoms with Gasteiger partial charge in [0, 0.05) is 10.3 Å². The minimum atomic E-state index is 0.00206. The zero-order valence-electron chi connectivity index (χ0n) is 10.4. The van der Waals surface area contributed by atoms with Crippen LogP contribution in [0.4, 0.5) is 0 Å². The molecule has 0 aromatic carbocycles. The second-order valence-corrected chi connectivity index (χ2v) is 9.56. The first kappa shape index (κ1) is 11.5. The van der Waals surface area contributed by atoms with Crippen LogP contribution in [0.2, 0.25) is 0 Å². The van der Waals surface area contributed by atoms with Crippen molar-refractivity contribution in [2.75, 3.05) is 14.1 Å². The van der Waals surface area contributed by atoms with Gasteiger partial charge in [0.2, 0.25) is 0 Å². The van der Waals surface area contributed by atoms with Crippen LogP contribution in [0.5, 0.6) is 0 Å². The lowest BCUT2D eigenvalue weighted by atomic mass is 9.69. The number of hydrogen-bond acceptors (Lipinski definition) is 1. The third kappa shape index (κ3) is 1.13. The maximum absolute atomic E-state index is 2.45. The van der Waals surface area contributed by atoms with Crippen LogP contribution in [0.1, 0.15) is 41.5 Å². The van der Waals surface area contributed by atoms with Crippen molar-refractivity contribution in [1.29, 1.82) is 0 Å².